The number of amides is 1. The topological polar surface area (TPSA) is 71.0 Å². The summed E-state index contributed by atoms with van der Waals surface area (Å²) in [5.41, 5.74) is 3.45. The van der Waals surface area contributed by atoms with Crippen molar-refractivity contribution >= 4 is 5.91 Å². The van der Waals surface area contributed by atoms with Crippen molar-refractivity contribution in [3.63, 3.8) is 0 Å². The van der Waals surface area contributed by atoms with Gasteiger partial charge in [-0.2, -0.15) is 0 Å². The molecule has 2 aromatic rings. The van der Waals surface area contributed by atoms with Gasteiger partial charge in [-0.05, 0) is 34.2 Å². The first-order valence-electron chi connectivity index (χ1n) is 10.3. The Balaban J connectivity index is 1.67. The average Bonchev–Trinajstić information content (AvgIpc) is 2.71. The number of hydrogen-bond acceptors (Lipinski definition) is 5. The van der Waals surface area contributed by atoms with Crippen LogP contribution in [0.1, 0.15) is 26.3 Å². The second kappa shape index (κ2) is 9.49. The summed E-state index contributed by atoms with van der Waals surface area (Å²) in [5.74, 6) is 1.33. The summed E-state index contributed by atoms with van der Waals surface area (Å²) in [6, 6.07) is 14.2. The lowest BCUT2D eigenvalue weighted by Crippen LogP contribution is -2.50. The van der Waals surface area contributed by atoms with E-state index in [2.05, 4.69) is 50.4 Å². The van der Waals surface area contributed by atoms with Gasteiger partial charge in [0.2, 0.25) is 5.91 Å². The van der Waals surface area contributed by atoms with Gasteiger partial charge in [0.1, 0.15) is 24.2 Å². The lowest BCUT2D eigenvalue weighted by atomic mass is 9.86. The quantitative estimate of drug-likeness (QED) is 0.732. The molecule has 1 aliphatic heterocycles. The highest BCUT2D eigenvalue weighted by Crippen LogP contribution is 2.31. The van der Waals surface area contributed by atoms with E-state index in [0.29, 0.717) is 31.1 Å². The van der Waals surface area contributed by atoms with E-state index in [1.807, 2.05) is 23.1 Å². The summed E-state index contributed by atoms with van der Waals surface area (Å²) < 4.78 is 11.3. The minimum atomic E-state index is -0.684. The van der Waals surface area contributed by atoms with Crippen LogP contribution >= 0.6 is 0 Å². The third-order valence-electron chi connectivity index (χ3n) is 5.23. The van der Waals surface area contributed by atoms with Gasteiger partial charge in [-0.15, -0.1) is 0 Å². The molecule has 1 aliphatic rings. The first kappa shape index (κ1) is 22.1. The molecule has 1 saturated heterocycles. The number of aliphatic hydroxyl groups is 1. The summed E-state index contributed by atoms with van der Waals surface area (Å²) in [7, 11) is 1.63. The zero-order valence-corrected chi connectivity index (χ0v) is 18.3. The third kappa shape index (κ3) is 5.97. The number of β-amino-alcohol motifs (C(OH)–C–C–N with tert-alkyl or cyclic N) is 1. The molecular weight excluding hydrogens is 380 g/mol. The fourth-order valence-corrected chi connectivity index (χ4v) is 3.49. The Morgan fingerprint density at radius 1 is 1.10 bits per heavy atom. The molecule has 0 aromatic heterocycles. The van der Waals surface area contributed by atoms with Crippen molar-refractivity contribution in [1.29, 1.82) is 0 Å². The van der Waals surface area contributed by atoms with Crippen LogP contribution in [0.2, 0.25) is 0 Å². The molecule has 0 radical (unpaired) electrons. The highest BCUT2D eigenvalue weighted by atomic mass is 16.5. The highest BCUT2D eigenvalue weighted by Gasteiger charge is 2.19. The average molecular weight is 413 g/mol. The van der Waals surface area contributed by atoms with Gasteiger partial charge in [-0.3, -0.25) is 9.69 Å². The smallest absolute Gasteiger partial charge is 0.234 e. The maximum atomic E-state index is 11.5. The lowest BCUT2D eigenvalue weighted by Gasteiger charge is -2.28. The Kier molecular flexibility index (Phi) is 7.00. The number of carbonyl (C=O) groups excluding carboxylic acids is 1. The molecule has 6 nitrogen and oxygen atoms in total. The minimum Gasteiger partial charge on any atom is -0.497 e. The predicted molar refractivity (Wildman–Crippen MR) is 118 cm³/mol. The number of hydrogen-bond donors (Lipinski definition) is 2. The molecule has 1 amide bonds. The van der Waals surface area contributed by atoms with Gasteiger partial charge in [0, 0.05) is 25.7 Å². The Hall–Kier alpha value is -2.57. The molecule has 162 valence electrons. The summed E-state index contributed by atoms with van der Waals surface area (Å²) in [6.07, 6.45) is -0.684. The monoisotopic (exact) mass is 412 g/mol. The van der Waals surface area contributed by atoms with Crippen molar-refractivity contribution in [1.82, 2.24) is 10.2 Å². The molecule has 1 fully saturated rings. The SMILES string of the molecule is COc1cc(OCC(O)CN2CCNC(=O)C2)cc(-c2ccc(C(C)(C)C)cc2)c1. The second-order valence-corrected chi connectivity index (χ2v) is 8.77. The number of nitrogens with zero attached hydrogens (tertiary/aromatic N) is 1. The summed E-state index contributed by atoms with van der Waals surface area (Å²) >= 11 is 0. The fraction of sp³-hybridized carbons (Fsp3) is 0.458. The Labute approximate surface area is 178 Å². The molecule has 1 heterocycles. The molecule has 1 atom stereocenters. The number of rotatable bonds is 7. The number of piperazine rings is 1. The summed E-state index contributed by atoms with van der Waals surface area (Å²) in [4.78, 5) is 13.4. The number of aliphatic hydroxyl groups excluding tert-OH is 1. The second-order valence-electron chi connectivity index (χ2n) is 8.77. The zero-order chi connectivity index (χ0) is 21.7. The fourth-order valence-electron chi connectivity index (χ4n) is 3.49. The van der Waals surface area contributed by atoms with Crippen LogP contribution in [-0.4, -0.2) is 61.9 Å². The van der Waals surface area contributed by atoms with Crippen molar-refractivity contribution in [3.05, 3.63) is 48.0 Å². The molecule has 1 unspecified atom stereocenters. The van der Waals surface area contributed by atoms with Crippen LogP contribution in [0.4, 0.5) is 0 Å². The van der Waals surface area contributed by atoms with Crippen LogP contribution in [-0.2, 0) is 10.2 Å². The van der Waals surface area contributed by atoms with E-state index in [4.69, 9.17) is 9.47 Å². The van der Waals surface area contributed by atoms with Crippen LogP contribution in [0.25, 0.3) is 11.1 Å². The maximum Gasteiger partial charge on any atom is 0.234 e. The van der Waals surface area contributed by atoms with Gasteiger partial charge < -0.3 is 19.9 Å². The van der Waals surface area contributed by atoms with Crippen LogP contribution < -0.4 is 14.8 Å². The van der Waals surface area contributed by atoms with E-state index in [-0.39, 0.29) is 17.9 Å². The van der Waals surface area contributed by atoms with Crippen molar-refractivity contribution < 1.29 is 19.4 Å². The van der Waals surface area contributed by atoms with Gasteiger partial charge in [0.05, 0.1) is 13.7 Å². The van der Waals surface area contributed by atoms with Crippen molar-refractivity contribution in [2.75, 3.05) is 39.9 Å². The van der Waals surface area contributed by atoms with E-state index in [1.54, 1.807) is 7.11 Å². The Morgan fingerprint density at radius 2 is 1.80 bits per heavy atom. The Morgan fingerprint density at radius 3 is 2.43 bits per heavy atom. The number of carbonyl (C=O) groups is 1. The van der Waals surface area contributed by atoms with Crippen molar-refractivity contribution in [2.24, 2.45) is 0 Å². The molecule has 3 rings (SSSR count). The van der Waals surface area contributed by atoms with Gasteiger partial charge >= 0.3 is 0 Å². The van der Waals surface area contributed by atoms with Crippen LogP contribution in [0.15, 0.2) is 42.5 Å². The van der Waals surface area contributed by atoms with Gasteiger partial charge in [0.15, 0.2) is 0 Å². The summed E-state index contributed by atoms with van der Waals surface area (Å²) in [5, 5.41) is 13.1. The van der Waals surface area contributed by atoms with Crippen LogP contribution in [0.5, 0.6) is 11.5 Å². The van der Waals surface area contributed by atoms with Gasteiger partial charge in [-0.1, -0.05) is 45.0 Å². The predicted octanol–water partition coefficient (Wildman–Crippen LogP) is 2.83. The molecule has 0 aliphatic carbocycles. The molecular formula is C24H32N2O4. The third-order valence-corrected chi connectivity index (χ3v) is 5.23. The Bertz CT molecular complexity index is 858. The molecule has 30 heavy (non-hydrogen) atoms. The van der Waals surface area contributed by atoms with E-state index in [0.717, 1.165) is 17.7 Å². The van der Waals surface area contributed by atoms with E-state index >= 15 is 0 Å². The van der Waals surface area contributed by atoms with E-state index < -0.39 is 6.10 Å². The van der Waals surface area contributed by atoms with E-state index in [1.165, 1.54) is 5.56 Å². The molecule has 0 saturated carbocycles. The highest BCUT2D eigenvalue weighted by molar-refractivity contribution is 5.78. The first-order chi connectivity index (χ1) is 14.2. The molecule has 2 N–H and O–H groups in total. The number of ether oxygens (including phenoxy) is 2. The van der Waals surface area contributed by atoms with Crippen LogP contribution in [0, 0.1) is 0 Å². The molecule has 0 spiro atoms. The molecule has 2 aromatic carbocycles. The number of methoxy groups -OCH3 is 1. The normalized spacial score (nSPS) is 16.1. The van der Waals surface area contributed by atoms with Gasteiger partial charge in [0.25, 0.3) is 0 Å². The summed E-state index contributed by atoms with van der Waals surface area (Å²) in [6.45, 7) is 8.79. The first-order valence-corrected chi connectivity index (χ1v) is 10.3. The largest absolute Gasteiger partial charge is 0.497 e. The van der Waals surface area contributed by atoms with E-state index in [9.17, 15) is 9.90 Å². The number of nitrogens with one attached hydrogen (secondary N) is 1. The van der Waals surface area contributed by atoms with Crippen LogP contribution in [0.3, 0.4) is 0 Å². The number of benzene rings is 2. The maximum absolute atomic E-state index is 11.5. The van der Waals surface area contributed by atoms with Crippen molar-refractivity contribution in [2.45, 2.75) is 32.3 Å². The van der Waals surface area contributed by atoms with Gasteiger partial charge in [-0.25, -0.2) is 0 Å². The lowest BCUT2D eigenvalue weighted by molar-refractivity contribution is -0.124. The standard InChI is InChI=1S/C24H32N2O4/c1-24(2,3)19-7-5-17(6-8-19)18-11-21(29-4)13-22(12-18)30-16-20(27)14-26-10-9-25-23(28)15-26/h5-8,11-13,20,27H,9-10,14-16H2,1-4H3,(H,25,28). The molecule has 0 bridgehead atoms. The minimum absolute atomic E-state index is 0.00992. The zero-order valence-electron chi connectivity index (χ0n) is 18.3. The van der Waals surface area contributed by atoms with Crippen molar-refractivity contribution in [3.8, 4) is 22.6 Å². The molecule has 6 heteroatoms.